The van der Waals surface area contributed by atoms with Crippen LogP contribution >= 0.6 is 0 Å². The molecule has 1 fully saturated rings. The molecule has 1 amide bonds. The fourth-order valence-electron chi connectivity index (χ4n) is 4.42. The highest BCUT2D eigenvalue weighted by molar-refractivity contribution is 7.90. The van der Waals surface area contributed by atoms with Gasteiger partial charge in [-0.15, -0.1) is 0 Å². The Hall–Kier alpha value is -1.93. The number of amidine groups is 1. The number of rotatable bonds is 7. The standard InChI is InChI=1S/C23H36N4O3S/c1-18(2)27(20-11-5-3-6-12-20)17-23(28)25-19-10-9-13-21(16-19)31(29,30)26-22-14-7-4-8-15-24-22/h9-10,13,16,18,20H,3-8,11-12,14-15,17H2,1-2H3,(H,24,26)(H,25,28). The lowest BCUT2D eigenvalue weighted by molar-refractivity contribution is -0.118. The van der Waals surface area contributed by atoms with Crippen molar-refractivity contribution in [3.8, 4) is 0 Å². The van der Waals surface area contributed by atoms with Crippen molar-refractivity contribution >= 4 is 27.5 Å². The van der Waals surface area contributed by atoms with Gasteiger partial charge in [0.1, 0.15) is 5.84 Å². The van der Waals surface area contributed by atoms with Crippen molar-refractivity contribution in [1.82, 2.24) is 9.62 Å². The van der Waals surface area contributed by atoms with Crippen LogP contribution in [0.3, 0.4) is 0 Å². The quantitative estimate of drug-likeness (QED) is 0.661. The Bertz CT molecular complexity index is 877. The predicted octanol–water partition coefficient (Wildman–Crippen LogP) is 3.92. The maximum absolute atomic E-state index is 12.8. The largest absolute Gasteiger partial charge is 0.325 e. The molecule has 1 heterocycles. The minimum absolute atomic E-state index is 0.116. The molecule has 0 bridgehead atoms. The Morgan fingerprint density at radius 3 is 2.61 bits per heavy atom. The van der Waals surface area contributed by atoms with E-state index in [1.165, 1.54) is 31.4 Å². The van der Waals surface area contributed by atoms with Gasteiger partial charge in [-0.25, -0.2) is 8.42 Å². The van der Waals surface area contributed by atoms with E-state index in [-0.39, 0.29) is 16.8 Å². The number of anilines is 1. The zero-order valence-corrected chi connectivity index (χ0v) is 19.6. The Morgan fingerprint density at radius 1 is 1.13 bits per heavy atom. The summed E-state index contributed by atoms with van der Waals surface area (Å²) in [7, 11) is -3.73. The number of carbonyl (C=O) groups is 1. The Labute approximate surface area is 186 Å². The summed E-state index contributed by atoms with van der Waals surface area (Å²) in [6.07, 6.45) is 9.60. The number of sulfonamides is 1. The number of carbonyl (C=O) groups excluding carboxylic acids is 1. The summed E-state index contributed by atoms with van der Waals surface area (Å²) in [5.41, 5.74) is 0.489. The fraction of sp³-hybridized carbons (Fsp3) is 0.652. The molecule has 0 saturated heterocycles. The van der Waals surface area contributed by atoms with E-state index in [1.807, 2.05) is 0 Å². The molecule has 1 saturated carbocycles. The molecule has 0 radical (unpaired) electrons. The van der Waals surface area contributed by atoms with Crippen LogP contribution in [0.25, 0.3) is 0 Å². The van der Waals surface area contributed by atoms with E-state index in [9.17, 15) is 13.2 Å². The molecule has 1 aromatic rings. The number of hydrogen-bond acceptors (Lipinski definition) is 5. The van der Waals surface area contributed by atoms with Crippen molar-refractivity contribution in [3.63, 3.8) is 0 Å². The molecule has 0 unspecified atom stereocenters. The van der Waals surface area contributed by atoms with Crippen LogP contribution in [0.15, 0.2) is 34.2 Å². The maximum atomic E-state index is 12.8. The Kier molecular flexibility index (Phi) is 8.49. The second kappa shape index (κ2) is 11.1. The highest BCUT2D eigenvalue weighted by atomic mass is 32.2. The lowest BCUT2D eigenvalue weighted by atomic mass is 9.93. The number of hydrogen-bond donors (Lipinski definition) is 2. The van der Waals surface area contributed by atoms with Gasteiger partial charge in [-0.2, -0.15) is 0 Å². The molecule has 172 valence electrons. The summed E-state index contributed by atoms with van der Waals surface area (Å²) in [6.45, 7) is 5.21. The first-order valence-corrected chi connectivity index (χ1v) is 13.1. The van der Waals surface area contributed by atoms with E-state index in [0.717, 1.165) is 32.1 Å². The van der Waals surface area contributed by atoms with Crippen LogP contribution in [0.4, 0.5) is 5.69 Å². The zero-order valence-electron chi connectivity index (χ0n) is 18.8. The summed E-state index contributed by atoms with van der Waals surface area (Å²) >= 11 is 0. The average Bonchev–Trinajstić information content (AvgIpc) is 3.01. The molecule has 2 aliphatic rings. The van der Waals surface area contributed by atoms with Gasteiger partial charge in [0, 0.05) is 30.7 Å². The summed E-state index contributed by atoms with van der Waals surface area (Å²) in [6, 6.07) is 7.15. The third kappa shape index (κ3) is 7.04. The molecule has 3 rings (SSSR count). The molecular weight excluding hydrogens is 412 g/mol. The minimum atomic E-state index is -3.73. The molecule has 2 N–H and O–H groups in total. The Balaban J connectivity index is 1.65. The molecular formula is C23H36N4O3S. The van der Waals surface area contributed by atoms with Crippen LogP contribution in [0, 0.1) is 0 Å². The molecule has 0 aromatic heterocycles. The van der Waals surface area contributed by atoms with Crippen LogP contribution in [-0.4, -0.2) is 50.2 Å². The van der Waals surface area contributed by atoms with E-state index in [1.54, 1.807) is 12.1 Å². The molecule has 1 aliphatic carbocycles. The lowest BCUT2D eigenvalue weighted by Gasteiger charge is -2.36. The van der Waals surface area contributed by atoms with Crippen LogP contribution in [-0.2, 0) is 14.8 Å². The molecule has 0 spiro atoms. The monoisotopic (exact) mass is 448 g/mol. The molecule has 1 aliphatic heterocycles. The van der Waals surface area contributed by atoms with Crippen LogP contribution in [0.1, 0.15) is 71.6 Å². The lowest BCUT2D eigenvalue weighted by Crippen LogP contribution is -2.45. The third-order valence-corrected chi connectivity index (χ3v) is 7.47. The normalized spacial score (nSPS) is 18.5. The van der Waals surface area contributed by atoms with Crippen LogP contribution in [0.2, 0.25) is 0 Å². The van der Waals surface area contributed by atoms with Gasteiger partial charge in [-0.1, -0.05) is 31.7 Å². The molecule has 8 heteroatoms. The topological polar surface area (TPSA) is 90.9 Å². The van der Waals surface area contributed by atoms with Gasteiger partial charge in [0.05, 0.1) is 11.4 Å². The highest BCUT2D eigenvalue weighted by Gasteiger charge is 2.25. The number of aliphatic imine (C=N–C) groups is 1. The first kappa shape index (κ1) is 23.7. The van der Waals surface area contributed by atoms with E-state index < -0.39 is 10.0 Å². The van der Waals surface area contributed by atoms with Crippen molar-refractivity contribution in [2.45, 2.75) is 88.6 Å². The predicted molar refractivity (Wildman–Crippen MR) is 125 cm³/mol. The molecule has 31 heavy (non-hydrogen) atoms. The van der Waals surface area contributed by atoms with E-state index >= 15 is 0 Å². The number of nitrogens with zero attached hydrogens (tertiary/aromatic N) is 2. The van der Waals surface area contributed by atoms with Gasteiger partial charge in [-0.3, -0.25) is 19.4 Å². The first-order valence-electron chi connectivity index (χ1n) is 11.6. The van der Waals surface area contributed by atoms with Gasteiger partial charge >= 0.3 is 0 Å². The third-order valence-electron chi connectivity index (χ3n) is 6.09. The zero-order chi connectivity index (χ0) is 22.3. The van der Waals surface area contributed by atoms with Crippen molar-refractivity contribution in [2.24, 2.45) is 4.99 Å². The summed E-state index contributed by atoms with van der Waals surface area (Å²) < 4.78 is 28.2. The maximum Gasteiger partial charge on any atom is 0.262 e. The van der Waals surface area contributed by atoms with E-state index in [4.69, 9.17) is 0 Å². The number of amides is 1. The SMILES string of the molecule is CC(C)N(CC(=O)Nc1cccc(S(=O)(=O)NC2=NCCCCC2)c1)C1CCCCC1. The summed E-state index contributed by atoms with van der Waals surface area (Å²) in [4.78, 5) is 19.5. The van der Waals surface area contributed by atoms with Gasteiger partial charge in [0.25, 0.3) is 10.0 Å². The van der Waals surface area contributed by atoms with E-state index in [0.29, 0.717) is 37.1 Å². The summed E-state index contributed by atoms with van der Waals surface area (Å²) in [5.74, 6) is 0.405. The molecule has 7 nitrogen and oxygen atoms in total. The smallest absolute Gasteiger partial charge is 0.262 e. The first-order chi connectivity index (χ1) is 14.8. The second-order valence-electron chi connectivity index (χ2n) is 8.88. The van der Waals surface area contributed by atoms with Crippen LogP contribution in [0.5, 0.6) is 0 Å². The number of benzene rings is 1. The highest BCUT2D eigenvalue weighted by Crippen LogP contribution is 2.24. The van der Waals surface area contributed by atoms with Gasteiger partial charge < -0.3 is 5.32 Å². The van der Waals surface area contributed by atoms with Gasteiger partial charge in [0.2, 0.25) is 5.91 Å². The second-order valence-corrected chi connectivity index (χ2v) is 10.6. The van der Waals surface area contributed by atoms with Crippen molar-refractivity contribution in [1.29, 1.82) is 0 Å². The average molecular weight is 449 g/mol. The molecule has 1 aromatic carbocycles. The molecule has 0 atom stereocenters. The minimum Gasteiger partial charge on any atom is -0.325 e. The fourth-order valence-corrected chi connectivity index (χ4v) is 5.56. The van der Waals surface area contributed by atoms with Crippen molar-refractivity contribution < 1.29 is 13.2 Å². The van der Waals surface area contributed by atoms with Gasteiger partial charge in [-0.05, 0) is 57.7 Å². The van der Waals surface area contributed by atoms with Crippen LogP contribution < -0.4 is 10.0 Å². The summed E-state index contributed by atoms with van der Waals surface area (Å²) in [5, 5.41) is 2.89. The van der Waals surface area contributed by atoms with Gasteiger partial charge in [0.15, 0.2) is 0 Å². The van der Waals surface area contributed by atoms with Crippen molar-refractivity contribution in [3.05, 3.63) is 24.3 Å². The van der Waals surface area contributed by atoms with E-state index in [2.05, 4.69) is 33.8 Å². The Morgan fingerprint density at radius 2 is 1.87 bits per heavy atom. The van der Waals surface area contributed by atoms with Crippen molar-refractivity contribution in [2.75, 3.05) is 18.4 Å². The number of nitrogens with one attached hydrogen (secondary N) is 2.